The summed E-state index contributed by atoms with van der Waals surface area (Å²) in [7, 11) is 0. The molecule has 0 amide bonds. The van der Waals surface area contributed by atoms with Crippen molar-refractivity contribution in [3.8, 4) is 33.6 Å². The molecule has 2 nitrogen and oxygen atoms in total. The fourth-order valence-electron chi connectivity index (χ4n) is 5.16. The molecule has 0 unspecified atom stereocenters. The topological polar surface area (TPSA) is 25.8 Å². The van der Waals surface area contributed by atoms with E-state index in [4.69, 9.17) is 4.98 Å². The third-order valence-electron chi connectivity index (χ3n) is 6.74. The Morgan fingerprint density at radius 2 is 1.03 bits per heavy atom. The molecule has 2 aromatic heterocycles. The fraction of sp³-hybridized carbons (Fsp3) is 0. The molecule has 0 aliphatic carbocycles. The average molecular weight is 433 g/mol. The maximum atomic E-state index is 4.71. The quantitative estimate of drug-likeness (QED) is 0.262. The van der Waals surface area contributed by atoms with Crippen molar-refractivity contribution in [3.63, 3.8) is 0 Å². The highest BCUT2D eigenvalue weighted by Gasteiger charge is 2.17. The first-order chi connectivity index (χ1) is 16.9. The normalized spacial score (nSPS) is 11.5. The van der Waals surface area contributed by atoms with Crippen LogP contribution in [0.2, 0.25) is 0 Å². The molecule has 0 fully saturated rings. The molecule has 7 aromatic rings. The molecule has 0 bridgehead atoms. The Labute approximate surface area is 197 Å². The first-order valence-corrected chi connectivity index (χ1v) is 11.5. The summed E-state index contributed by atoms with van der Waals surface area (Å²) in [5.41, 5.74) is 6.67. The van der Waals surface area contributed by atoms with Crippen molar-refractivity contribution in [2.75, 3.05) is 0 Å². The highest BCUT2D eigenvalue weighted by Crippen LogP contribution is 2.43. The second kappa shape index (κ2) is 7.50. The lowest BCUT2D eigenvalue weighted by molar-refractivity contribution is 1.33. The number of aromatic nitrogens is 2. The molecule has 5 aromatic carbocycles. The zero-order valence-electron chi connectivity index (χ0n) is 18.4. The van der Waals surface area contributed by atoms with Crippen LogP contribution in [0.1, 0.15) is 0 Å². The van der Waals surface area contributed by atoms with Crippen LogP contribution in [0, 0.1) is 0 Å². The minimum Gasteiger partial charge on any atom is -0.256 e. The van der Waals surface area contributed by atoms with E-state index in [2.05, 4.69) is 89.9 Å². The van der Waals surface area contributed by atoms with E-state index in [1.165, 1.54) is 43.4 Å². The molecule has 0 saturated carbocycles. The van der Waals surface area contributed by atoms with Crippen molar-refractivity contribution in [2.45, 2.75) is 0 Å². The maximum Gasteiger partial charge on any atom is 0.0708 e. The van der Waals surface area contributed by atoms with E-state index >= 15 is 0 Å². The zero-order chi connectivity index (χ0) is 22.5. The first kappa shape index (κ1) is 19.0. The molecule has 0 atom stereocenters. The molecule has 2 heterocycles. The molecule has 0 aliphatic heterocycles. The number of benzene rings is 5. The van der Waals surface area contributed by atoms with Gasteiger partial charge in [0, 0.05) is 23.5 Å². The van der Waals surface area contributed by atoms with Crippen LogP contribution in [0.15, 0.2) is 122 Å². The average Bonchev–Trinajstić information content (AvgIpc) is 2.92. The SMILES string of the molecule is c1ccc(-c2ccc(-c3cc(-c4ccccn4)c4ccc5cccc6ccc3c4c65)cc2)nc1. The lowest BCUT2D eigenvalue weighted by atomic mass is 9.86. The van der Waals surface area contributed by atoms with Crippen LogP contribution in [-0.4, -0.2) is 9.97 Å². The minimum absolute atomic E-state index is 0.985. The highest BCUT2D eigenvalue weighted by molar-refractivity contribution is 6.28. The smallest absolute Gasteiger partial charge is 0.0708 e. The van der Waals surface area contributed by atoms with Crippen LogP contribution < -0.4 is 0 Å². The molecule has 34 heavy (non-hydrogen) atoms. The van der Waals surface area contributed by atoms with E-state index in [9.17, 15) is 0 Å². The summed E-state index contributed by atoms with van der Waals surface area (Å²) >= 11 is 0. The second-order valence-corrected chi connectivity index (χ2v) is 8.66. The molecule has 158 valence electrons. The third kappa shape index (κ3) is 2.89. The zero-order valence-corrected chi connectivity index (χ0v) is 18.4. The van der Waals surface area contributed by atoms with Gasteiger partial charge >= 0.3 is 0 Å². The van der Waals surface area contributed by atoms with Gasteiger partial charge in [-0.3, -0.25) is 9.97 Å². The van der Waals surface area contributed by atoms with Crippen molar-refractivity contribution in [1.82, 2.24) is 9.97 Å². The molecule has 0 radical (unpaired) electrons. The van der Waals surface area contributed by atoms with Gasteiger partial charge in [0.05, 0.1) is 11.4 Å². The summed E-state index contributed by atoms with van der Waals surface area (Å²) in [6.07, 6.45) is 3.71. The van der Waals surface area contributed by atoms with Crippen LogP contribution in [0.25, 0.3) is 66.0 Å². The minimum atomic E-state index is 0.985. The predicted octanol–water partition coefficient (Wildman–Crippen LogP) is 8.38. The van der Waals surface area contributed by atoms with Gasteiger partial charge in [0.25, 0.3) is 0 Å². The lowest BCUT2D eigenvalue weighted by Crippen LogP contribution is -1.92. The Kier molecular flexibility index (Phi) is 4.18. The molecule has 0 N–H and O–H groups in total. The molecule has 7 rings (SSSR count). The summed E-state index contributed by atoms with van der Waals surface area (Å²) in [4.78, 5) is 9.21. The van der Waals surface area contributed by atoms with E-state index in [1.54, 1.807) is 0 Å². The summed E-state index contributed by atoms with van der Waals surface area (Å²) in [6.45, 7) is 0. The van der Waals surface area contributed by atoms with Crippen molar-refractivity contribution in [1.29, 1.82) is 0 Å². The van der Waals surface area contributed by atoms with E-state index < -0.39 is 0 Å². The summed E-state index contributed by atoms with van der Waals surface area (Å²) in [6, 6.07) is 38.7. The second-order valence-electron chi connectivity index (χ2n) is 8.66. The number of pyridine rings is 2. The van der Waals surface area contributed by atoms with Gasteiger partial charge in [-0.1, -0.05) is 78.9 Å². The Morgan fingerprint density at radius 1 is 0.412 bits per heavy atom. The Hall–Kier alpha value is -4.56. The predicted molar refractivity (Wildman–Crippen MR) is 142 cm³/mol. The number of hydrogen-bond donors (Lipinski definition) is 0. The molecular weight excluding hydrogens is 412 g/mol. The standard InChI is InChI=1S/C32H20N2/c1-3-18-33-29(8-1)22-12-10-21(11-13-22)27-20-28(30-9-2-4-19-34-30)26-17-15-24-7-5-6-23-14-16-25(27)32(26)31(23)24/h1-20H. The van der Waals surface area contributed by atoms with Gasteiger partial charge in [0.15, 0.2) is 0 Å². The highest BCUT2D eigenvalue weighted by atomic mass is 14.7. The van der Waals surface area contributed by atoms with Gasteiger partial charge in [-0.25, -0.2) is 0 Å². The van der Waals surface area contributed by atoms with Crippen LogP contribution >= 0.6 is 0 Å². The lowest BCUT2D eigenvalue weighted by Gasteiger charge is -2.17. The maximum absolute atomic E-state index is 4.71. The Bertz CT molecular complexity index is 1750. The van der Waals surface area contributed by atoms with Gasteiger partial charge in [-0.05, 0) is 73.8 Å². The van der Waals surface area contributed by atoms with Gasteiger partial charge in [-0.2, -0.15) is 0 Å². The monoisotopic (exact) mass is 432 g/mol. The number of rotatable bonds is 3. The molecule has 0 aliphatic rings. The van der Waals surface area contributed by atoms with Crippen LogP contribution in [0.3, 0.4) is 0 Å². The third-order valence-corrected chi connectivity index (χ3v) is 6.74. The van der Waals surface area contributed by atoms with Crippen molar-refractivity contribution >= 4 is 32.3 Å². The van der Waals surface area contributed by atoms with E-state index in [1.807, 2.05) is 36.7 Å². The first-order valence-electron chi connectivity index (χ1n) is 11.5. The van der Waals surface area contributed by atoms with Crippen LogP contribution in [0.4, 0.5) is 0 Å². The molecular formula is C32H20N2. The van der Waals surface area contributed by atoms with E-state index in [0.717, 1.165) is 22.5 Å². The largest absolute Gasteiger partial charge is 0.256 e. The molecule has 0 saturated heterocycles. The fourth-order valence-corrected chi connectivity index (χ4v) is 5.16. The van der Waals surface area contributed by atoms with Crippen molar-refractivity contribution in [2.24, 2.45) is 0 Å². The van der Waals surface area contributed by atoms with E-state index in [0.29, 0.717) is 0 Å². The van der Waals surface area contributed by atoms with E-state index in [-0.39, 0.29) is 0 Å². The Morgan fingerprint density at radius 3 is 1.68 bits per heavy atom. The summed E-state index contributed by atoms with van der Waals surface area (Å²) in [5.74, 6) is 0. The summed E-state index contributed by atoms with van der Waals surface area (Å²) < 4.78 is 0. The number of nitrogens with zero attached hydrogens (tertiary/aromatic N) is 2. The van der Waals surface area contributed by atoms with Crippen molar-refractivity contribution < 1.29 is 0 Å². The van der Waals surface area contributed by atoms with Gasteiger partial charge in [0.2, 0.25) is 0 Å². The summed E-state index contributed by atoms with van der Waals surface area (Å²) in [5, 5.41) is 7.68. The Balaban J connectivity index is 1.54. The van der Waals surface area contributed by atoms with Crippen LogP contribution in [0.5, 0.6) is 0 Å². The molecule has 2 heteroatoms. The number of hydrogen-bond acceptors (Lipinski definition) is 2. The van der Waals surface area contributed by atoms with Crippen molar-refractivity contribution in [3.05, 3.63) is 122 Å². The molecule has 0 spiro atoms. The van der Waals surface area contributed by atoms with Gasteiger partial charge < -0.3 is 0 Å². The van der Waals surface area contributed by atoms with Crippen LogP contribution in [-0.2, 0) is 0 Å². The van der Waals surface area contributed by atoms with Gasteiger partial charge in [-0.15, -0.1) is 0 Å². The van der Waals surface area contributed by atoms with Gasteiger partial charge in [0.1, 0.15) is 0 Å².